The molecular formula is C11H14O2S2. The van der Waals surface area contributed by atoms with Crippen LogP contribution in [-0.4, -0.2) is 23.8 Å². The molecule has 0 bridgehead atoms. The Morgan fingerprint density at radius 2 is 2.00 bits per heavy atom. The average molecular weight is 242 g/mol. The Morgan fingerprint density at radius 3 is 2.40 bits per heavy atom. The van der Waals surface area contributed by atoms with Gasteiger partial charge in [-0.3, -0.25) is 4.21 Å². The lowest BCUT2D eigenvalue weighted by Crippen LogP contribution is -1.87. The molecule has 0 radical (unpaired) electrons. The molecule has 0 N–H and O–H groups in total. The highest BCUT2D eigenvalue weighted by Crippen LogP contribution is 2.20. The van der Waals surface area contributed by atoms with Crippen LogP contribution in [0.4, 0.5) is 0 Å². The van der Waals surface area contributed by atoms with E-state index in [1.807, 2.05) is 36.6 Å². The van der Waals surface area contributed by atoms with Crippen molar-refractivity contribution in [2.75, 3.05) is 19.6 Å². The van der Waals surface area contributed by atoms with Gasteiger partial charge >= 0.3 is 0 Å². The zero-order valence-electron chi connectivity index (χ0n) is 9.02. The highest BCUT2D eigenvalue weighted by molar-refractivity contribution is 8.16. The highest BCUT2D eigenvalue weighted by atomic mass is 32.2. The summed E-state index contributed by atoms with van der Waals surface area (Å²) in [5, 5.41) is 0. The first-order valence-corrected chi connectivity index (χ1v) is 7.19. The van der Waals surface area contributed by atoms with Gasteiger partial charge in [0.25, 0.3) is 0 Å². The van der Waals surface area contributed by atoms with Crippen LogP contribution in [0.1, 0.15) is 5.56 Å². The third-order valence-corrected chi connectivity index (χ3v) is 4.29. The number of hydrogen-bond acceptors (Lipinski definition) is 3. The molecule has 0 unspecified atom stereocenters. The fraction of sp³-hybridized carbons (Fsp3) is 0.273. The molecule has 0 spiro atoms. The Hall–Kier alpha value is -0.740. The topological polar surface area (TPSA) is 26.3 Å². The Kier molecular flexibility index (Phi) is 4.91. The fourth-order valence-electron chi connectivity index (χ4n) is 1.10. The molecule has 0 heterocycles. The van der Waals surface area contributed by atoms with Crippen molar-refractivity contribution >= 4 is 28.6 Å². The van der Waals surface area contributed by atoms with Crippen LogP contribution in [0.5, 0.6) is 5.75 Å². The van der Waals surface area contributed by atoms with Crippen LogP contribution in [0, 0.1) is 0 Å². The molecular weight excluding hydrogens is 228 g/mol. The average Bonchev–Trinajstić information content (AvgIpc) is 2.26. The molecule has 0 aliphatic carbocycles. The van der Waals surface area contributed by atoms with Gasteiger partial charge in [-0.1, -0.05) is 12.1 Å². The van der Waals surface area contributed by atoms with E-state index in [0.29, 0.717) is 0 Å². The second-order valence-electron chi connectivity index (χ2n) is 2.89. The Morgan fingerprint density at radius 1 is 1.40 bits per heavy atom. The van der Waals surface area contributed by atoms with Crippen molar-refractivity contribution in [1.82, 2.24) is 0 Å². The molecule has 1 aromatic carbocycles. The zero-order valence-corrected chi connectivity index (χ0v) is 10.7. The first kappa shape index (κ1) is 12.3. The van der Waals surface area contributed by atoms with E-state index >= 15 is 0 Å². The van der Waals surface area contributed by atoms with Gasteiger partial charge in [0.1, 0.15) is 5.75 Å². The maximum Gasteiger partial charge on any atom is 0.118 e. The molecule has 2 nitrogen and oxygen atoms in total. The maximum atomic E-state index is 11.3. The molecule has 1 rings (SSSR count). The van der Waals surface area contributed by atoms with Gasteiger partial charge in [-0.2, -0.15) is 0 Å². The molecule has 82 valence electrons. The van der Waals surface area contributed by atoms with Gasteiger partial charge in [-0.15, -0.1) is 11.8 Å². The Balaban J connectivity index is 2.92. The van der Waals surface area contributed by atoms with Crippen LogP contribution in [0.15, 0.2) is 28.5 Å². The van der Waals surface area contributed by atoms with Crippen molar-refractivity contribution in [1.29, 1.82) is 0 Å². The molecule has 0 saturated carbocycles. The summed E-state index contributed by atoms with van der Waals surface area (Å²) < 4.78 is 17.2. The van der Waals surface area contributed by atoms with E-state index in [1.165, 1.54) is 11.8 Å². The minimum atomic E-state index is -0.918. The lowest BCUT2D eigenvalue weighted by Gasteiger charge is -2.01. The number of thioether (sulfide) groups is 1. The van der Waals surface area contributed by atoms with Crippen molar-refractivity contribution in [2.45, 2.75) is 0 Å². The number of ether oxygens (including phenoxy) is 1. The number of rotatable bonds is 4. The van der Waals surface area contributed by atoms with E-state index in [2.05, 4.69) is 0 Å². The molecule has 1 atom stereocenters. The third kappa shape index (κ3) is 3.72. The highest BCUT2D eigenvalue weighted by Gasteiger charge is 2.00. The minimum Gasteiger partial charge on any atom is -0.497 e. The standard InChI is InChI=1S/C11H14O2S2/c1-13-10-6-4-9(5-7-10)8-11(14-2)15(3)12/h4-8H,1-3H3/b11-8-/t15-/m0/s1. The van der Waals surface area contributed by atoms with Crippen LogP contribution >= 0.6 is 11.8 Å². The van der Waals surface area contributed by atoms with Crippen molar-refractivity contribution in [3.8, 4) is 5.75 Å². The molecule has 4 heteroatoms. The van der Waals surface area contributed by atoms with Crippen molar-refractivity contribution in [2.24, 2.45) is 0 Å². The van der Waals surface area contributed by atoms with Crippen LogP contribution < -0.4 is 4.74 Å². The van der Waals surface area contributed by atoms with E-state index in [9.17, 15) is 4.21 Å². The van der Waals surface area contributed by atoms with Gasteiger partial charge in [-0.25, -0.2) is 0 Å². The molecule has 0 saturated heterocycles. The SMILES string of the molecule is COc1ccc(/C=C(/SC)[S@](C)=O)cc1. The maximum absolute atomic E-state index is 11.3. The predicted octanol–water partition coefficient (Wildman–Crippen LogP) is 2.74. The predicted molar refractivity (Wildman–Crippen MR) is 68.6 cm³/mol. The van der Waals surface area contributed by atoms with Crippen LogP contribution in [0.25, 0.3) is 6.08 Å². The summed E-state index contributed by atoms with van der Waals surface area (Å²) in [5.41, 5.74) is 1.04. The summed E-state index contributed by atoms with van der Waals surface area (Å²) in [4.78, 5) is 0. The molecule has 1 aromatic rings. The summed E-state index contributed by atoms with van der Waals surface area (Å²) in [6.45, 7) is 0. The summed E-state index contributed by atoms with van der Waals surface area (Å²) in [6, 6.07) is 7.68. The molecule has 15 heavy (non-hydrogen) atoms. The van der Waals surface area contributed by atoms with E-state index in [-0.39, 0.29) is 0 Å². The second kappa shape index (κ2) is 5.98. The van der Waals surface area contributed by atoms with Crippen molar-refractivity contribution in [3.05, 3.63) is 34.1 Å². The molecule has 0 aliphatic rings. The lowest BCUT2D eigenvalue weighted by molar-refractivity contribution is 0.415. The summed E-state index contributed by atoms with van der Waals surface area (Å²) in [6.07, 6.45) is 5.54. The van der Waals surface area contributed by atoms with Crippen molar-refractivity contribution < 1.29 is 8.95 Å². The molecule has 0 aromatic heterocycles. The fourth-order valence-corrected chi connectivity index (χ4v) is 2.59. The van der Waals surface area contributed by atoms with Gasteiger partial charge in [0, 0.05) is 6.26 Å². The summed E-state index contributed by atoms with van der Waals surface area (Å²) >= 11 is 1.51. The second-order valence-corrected chi connectivity index (χ2v) is 5.35. The van der Waals surface area contributed by atoms with Crippen LogP contribution in [0.2, 0.25) is 0 Å². The molecule has 0 aliphatic heterocycles. The normalized spacial score (nSPS) is 13.7. The zero-order chi connectivity index (χ0) is 11.3. The molecule has 0 fully saturated rings. The van der Waals surface area contributed by atoms with E-state index in [1.54, 1.807) is 13.4 Å². The quantitative estimate of drug-likeness (QED) is 0.812. The van der Waals surface area contributed by atoms with Gasteiger partial charge < -0.3 is 4.74 Å². The van der Waals surface area contributed by atoms with E-state index in [0.717, 1.165) is 15.6 Å². The molecule has 0 amide bonds. The van der Waals surface area contributed by atoms with Gasteiger partial charge in [0.2, 0.25) is 0 Å². The largest absolute Gasteiger partial charge is 0.497 e. The Bertz CT molecular complexity index is 369. The summed E-state index contributed by atoms with van der Waals surface area (Å²) in [7, 11) is 0.720. The van der Waals surface area contributed by atoms with Gasteiger partial charge in [-0.05, 0) is 30.0 Å². The first-order chi connectivity index (χ1) is 7.17. The number of hydrogen-bond donors (Lipinski definition) is 0. The van der Waals surface area contributed by atoms with E-state index in [4.69, 9.17) is 4.74 Å². The number of methoxy groups -OCH3 is 1. The third-order valence-electron chi connectivity index (χ3n) is 1.88. The van der Waals surface area contributed by atoms with Gasteiger partial charge in [0.05, 0.1) is 22.1 Å². The first-order valence-electron chi connectivity index (χ1n) is 4.40. The van der Waals surface area contributed by atoms with E-state index < -0.39 is 10.8 Å². The van der Waals surface area contributed by atoms with Crippen molar-refractivity contribution in [3.63, 3.8) is 0 Å². The van der Waals surface area contributed by atoms with Crippen LogP contribution in [0.3, 0.4) is 0 Å². The number of benzene rings is 1. The minimum absolute atomic E-state index is 0.829. The van der Waals surface area contributed by atoms with Gasteiger partial charge in [0.15, 0.2) is 0 Å². The lowest BCUT2D eigenvalue weighted by atomic mass is 10.2. The van der Waals surface area contributed by atoms with Crippen LogP contribution in [-0.2, 0) is 10.8 Å². The smallest absolute Gasteiger partial charge is 0.118 e. The summed E-state index contributed by atoms with van der Waals surface area (Å²) in [5.74, 6) is 0.829. The Labute approximate surface area is 97.2 Å². The monoisotopic (exact) mass is 242 g/mol.